The van der Waals surface area contributed by atoms with Crippen LogP contribution in [0.1, 0.15) is 29.7 Å². The lowest BCUT2D eigenvalue weighted by molar-refractivity contribution is 0.574. The van der Waals surface area contributed by atoms with Crippen LogP contribution in [0.5, 0.6) is 0 Å². The lowest BCUT2D eigenvalue weighted by Gasteiger charge is -2.15. The van der Waals surface area contributed by atoms with Crippen LogP contribution in [0.25, 0.3) is 0 Å². The van der Waals surface area contributed by atoms with E-state index in [0.717, 1.165) is 21.6 Å². The van der Waals surface area contributed by atoms with Gasteiger partial charge in [-0.05, 0) is 37.1 Å². The Morgan fingerprint density at radius 2 is 2.00 bits per heavy atom. The Morgan fingerprint density at radius 3 is 2.68 bits per heavy atom. The third-order valence-electron chi connectivity index (χ3n) is 3.16. The standard InChI is InChI=1S/C16H17BrClN/c1-11-4-3-5-13(8-11)12(2)19-10-14-6-7-15(17)9-16(14)18/h3-9,12,19H,10H2,1-2H3/t12-/m1/s1. The van der Waals surface area contributed by atoms with Crippen LogP contribution in [0.3, 0.4) is 0 Å². The normalized spacial score (nSPS) is 12.4. The lowest BCUT2D eigenvalue weighted by atomic mass is 10.1. The third kappa shape index (κ3) is 4.07. The molecule has 0 aromatic heterocycles. The molecule has 1 nitrogen and oxygen atoms in total. The lowest BCUT2D eigenvalue weighted by Crippen LogP contribution is -2.18. The molecule has 2 aromatic carbocycles. The molecule has 0 aliphatic heterocycles. The van der Waals surface area contributed by atoms with Crippen molar-refractivity contribution in [2.45, 2.75) is 26.4 Å². The van der Waals surface area contributed by atoms with Gasteiger partial charge in [-0.15, -0.1) is 0 Å². The molecule has 0 saturated carbocycles. The Hall–Kier alpha value is -0.830. The zero-order valence-corrected chi connectivity index (χ0v) is 13.4. The van der Waals surface area contributed by atoms with Gasteiger partial charge >= 0.3 is 0 Å². The molecule has 0 unspecified atom stereocenters. The summed E-state index contributed by atoms with van der Waals surface area (Å²) in [6.45, 7) is 5.05. The van der Waals surface area contributed by atoms with Crippen molar-refractivity contribution < 1.29 is 0 Å². The summed E-state index contributed by atoms with van der Waals surface area (Å²) in [6.07, 6.45) is 0. The number of nitrogens with one attached hydrogen (secondary N) is 1. The largest absolute Gasteiger partial charge is 0.306 e. The molecule has 0 aliphatic rings. The Labute approximate surface area is 128 Å². The first-order valence-electron chi connectivity index (χ1n) is 6.30. The average Bonchev–Trinajstić information content (AvgIpc) is 2.37. The Morgan fingerprint density at radius 1 is 1.21 bits per heavy atom. The molecule has 0 fully saturated rings. The van der Waals surface area contributed by atoms with Crippen LogP contribution in [0.2, 0.25) is 5.02 Å². The number of benzene rings is 2. The molecule has 100 valence electrons. The van der Waals surface area contributed by atoms with Gasteiger partial charge in [-0.2, -0.15) is 0 Å². The van der Waals surface area contributed by atoms with E-state index in [1.165, 1.54) is 11.1 Å². The van der Waals surface area contributed by atoms with E-state index in [1.54, 1.807) is 0 Å². The SMILES string of the molecule is Cc1cccc([C@@H](C)NCc2ccc(Br)cc2Cl)c1. The van der Waals surface area contributed by atoms with Crippen molar-refractivity contribution in [2.24, 2.45) is 0 Å². The fourth-order valence-electron chi connectivity index (χ4n) is 1.99. The molecule has 0 heterocycles. The predicted molar refractivity (Wildman–Crippen MR) is 85.6 cm³/mol. The first kappa shape index (κ1) is 14.6. The summed E-state index contributed by atoms with van der Waals surface area (Å²) in [5.74, 6) is 0. The highest BCUT2D eigenvalue weighted by molar-refractivity contribution is 9.10. The second kappa shape index (κ2) is 6.56. The first-order valence-corrected chi connectivity index (χ1v) is 7.47. The molecular formula is C16H17BrClN. The Bertz CT molecular complexity index is 568. The van der Waals surface area contributed by atoms with E-state index in [2.05, 4.69) is 59.4 Å². The maximum atomic E-state index is 6.21. The second-order valence-electron chi connectivity index (χ2n) is 4.75. The fourth-order valence-corrected chi connectivity index (χ4v) is 2.73. The molecule has 1 atom stereocenters. The molecule has 3 heteroatoms. The van der Waals surface area contributed by atoms with Crippen LogP contribution < -0.4 is 5.32 Å². The summed E-state index contributed by atoms with van der Waals surface area (Å²) >= 11 is 9.63. The predicted octanol–water partition coefficient (Wildman–Crippen LogP) is 5.26. The quantitative estimate of drug-likeness (QED) is 0.801. The van der Waals surface area contributed by atoms with E-state index in [4.69, 9.17) is 11.6 Å². The van der Waals surface area contributed by atoms with Gasteiger partial charge in [0.05, 0.1) is 0 Å². The smallest absolute Gasteiger partial charge is 0.0462 e. The van der Waals surface area contributed by atoms with Crippen molar-refractivity contribution in [2.75, 3.05) is 0 Å². The minimum absolute atomic E-state index is 0.305. The summed E-state index contributed by atoms with van der Waals surface area (Å²) in [5, 5.41) is 4.29. The van der Waals surface area contributed by atoms with Gasteiger partial charge in [-0.3, -0.25) is 0 Å². The van der Waals surface area contributed by atoms with E-state index in [-0.39, 0.29) is 0 Å². The van der Waals surface area contributed by atoms with Crippen molar-refractivity contribution in [3.05, 3.63) is 68.7 Å². The molecule has 0 bridgehead atoms. The topological polar surface area (TPSA) is 12.0 Å². The number of rotatable bonds is 4. The summed E-state index contributed by atoms with van der Waals surface area (Å²) in [6, 6.07) is 14.9. The second-order valence-corrected chi connectivity index (χ2v) is 6.08. The Kier molecular flexibility index (Phi) is 5.03. The summed E-state index contributed by atoms with van der Waals surface area (Å²) in [4.78, 5) is 0. The van der Waals surface area contributed by atoms with Gasteiger partial charge < -0.3 is 5.32 Å². The van der Waals surface area contributed by atoms with Crippen molar-refractivity contribution in [3.8, 4) is 0 Å². The van der Waals surface area contributed by atoms with E-state index in [0.29, 0.717) is 6.04 Å². The summed E-state index contributed by atoms with van der Waals surface area (Å²) in [7, 11) is 0. The van der Waals surface area contributed by atoms with Crippen molar-refractivity contribution >= 4 is 27.5 Å². The van der Waals surface area contributed by atoms with Gasteiger partial charge in [-0.25, -0.2) is 0 Å². The number of hydrogen-bond donors (Lipinski definition) is 1. The number of halogens is 2. The first-order chi connectivity index (χ1) is 9.06. The van der Waals surface area contributed by atoms with Crippen LogP contribution >= 0.6 is 27.5 Å². The number of hydrogen-bond acceptors (Lipinski definition) is 1. The highest BCUT2D eigenvalue weighted by Gasteiger charge is 2.06. The van der Waals surface area contributed by atoms with Crippen molar-refractivity contribution in [3.63, 3.8) is 0 Å². The molecule has 0 spiro atoms. The van der Waals surface area contributed by atoms with Crippen LogP contribution in [-0.4, -0.2) is 0 Å². The zero-order valence-electron chi connectivity index (χ0n) is 11.1. The molecule has 0 amide bonds. The monoisotopic (exact) mass is 337 g/mol. The molecule has 0 saturated heterocycles. The van der Waals surface area contributed by atoms with E-state index < -0.39 is 0 Å². The molecule has 1 N–H and O–H groups in total. The fraction of sp³-hybridized carbons (Fsp3) is 0.250. The van der Waals surface area contributed by atoms with Crippen molar-refractivity contribution in [1.29, 1.82) is 0 Å². The molecular weight excluding hydrogens is 322 g/mol. The third-order valence-corrected chi connectivity index (χ3v) is 4.00. The van der Waals surface area contributed by atoms with Gasteiger partial charge in [-0.1, -0.05) is 63.4 Å². The van der Waals surface area contributed by atoms with E-state index in [1.807, 2.05) is 18.2 Å². The van der Waals surface area contributed by atoms with Crippen LogP contribution in [-0.2, 0) is 6.54 Å². The minimum atomic E-state index is 0.305. The van der Waals surface area contributed by atoms with Crippen LogP contribution in [0.15, 0.2) is 46.9 Å². The van der Waals surface area contributed by atoms with Crippen LogP contribution in [0.4, 0.5) is 0 Å². The summed E-state index contributed by atoms with van der Waals surface area (Å²) < 4.78 is 1.01. The maximum Gasteiger partial charge on any atom is 0.0462 e. The minimum Gasteiger partial charge on any atom is -0.306 e. The summed E-state index contributed by atoms with van der Waals surface area (Å²) in [5.41, 5.74) is 3.70. The molecule has 0 aliphatic carbocycles. The van der Waals surface area contributed by atoms with Crippen LogP contribution in [0, 0.1) is 6.92 Å². The van der Waals surface area contributed by atoms with Gasteiger partial charge in [0.15, 0.2) is 0 Å². The van der Waals surface area contributed by atoms with Crippen molar-refractivity contribution in [1.82, 2.24) is 5.32 Å². The number of aryl methyl sites for hydroxylation is 1. The molecule has 2 rings (SSSR count). The highest BCUT2D eigenvalue weighted by atomic mass is 79.9. The van der Waals surface area contributed by atoms with E-state index in [9.17, 15) is 0 Å². The average molecular weight is 339 g/mol. The molecule has 0 radical (unpaired) electrons. The van der Waals surface area contributed by atoms with Gasteiger partial charge in [0, 0.05) is 22.1 Å². The van der Waals surface area contributed by atoms with Gasteiger partial charge in [0.25, 0.3) is 0 Å². The van der Waals surface area contributed by atoms with Gasteiger partial charge in [0.1, 0.15) is 0 Å². The molecule has 2 aromatic rings. The maximum absolute atomic E-state index is 6.21. The Balaban J connectivity index is 2.02. The van der Waals surface area contributed by atoms with Gasteiger partial charge in [0.2, 0.25) is 0 Å². The molecule has 19 heavy (non-hydrogen) atoms. The highest BCUT2D eigenvalue weighted by Crippen LogP contribution is 2.22. The zero-order chi connectivity index (χ0) is 13.8. The van der Waals surface area contributed by atoms with E-state index >= 15 is 0 Å².